The summed E-state index contributed by atoms with van der Waals surface area (Å²) in [5.41, 5.74) is 0.532. The highest BCUT2D eigenvalue weighted by Crippen LogP contribution is 2.30. The summed E-state index contributed by atoms with van der Waals surface area (Å²) < 4.78 is 10.3. The van der Waals surface area contributed by atoms with Crippen molar-refractivity contribution in [3.05, 3.63) is 24.3 Å². The van der Waals surface area contributed by atoms with Gasteiger partial charge in [0, 0.05) is 31.6 Å². The predicted molar refractivity (Wildman–Crippen MR) is 82.5 cm³/mol. The van der Waals surface area contributed by atoms with Crippen molar-refractivity contribution in [3.63, 3.8) is 0 Å². The molecule has 0 atom stereocenters. The van der Waals surface area contributed by atoms with Crippen LogP contribution in [0, 0.1) is 0 Å². The van der Waals surface area contributed by atoms with Crippen molar-refractivity contribution in [1.82, 2.24) is 20.4 Å². The molecule has 0 spiro atoms. The van der Waals surface area contributed by atoms with Gasteiger partial charge in [-0.25, -0.2) is 4.79 Å². The standard InChI is InChI=1S/C15H18N4O4/c20-13-11-3-1-2-4-12(11)17-18-14(13)23-15(21)16-5-6-19-7-9-22-10-8-19/h1-4H,5-10H2,(H,16,21)(H,17,20). The Hall–Kier alpha value is -2.45. The van der Waals surface area contributed by atoms with E-state index in [4.69, 9.17) is 9.47 Å². The van der Waals surface area contributed by atoms with Crippen LogP contribution in [0.1, 0.15) is 0 Å². The van der Waals surface area contributed by atoms with Gasteiger partial charge >= 0.3 is 6.09 Å². The summed E-state index contributed by atoms with van der Waals surface area (Å²) in [5.74, 6) is -0.397. The first-order valence-electron chi connectivity index (χ1n) is 7.44. The number of ether oxygens (including phenoxy) is 2. The third-order valence-electron chi connectivity index (χ3n) is 3.60. The number of carbonyl (C=O) groups is 1. The van der Waals surface area contributed by atoms with Crippen molar-refractivity contribution < 1.29 is 19.4 Å². The summed E-state index contributed by atoms with van der Waals surface area (Å²) in [6, 6.07) is 6.95. The van der Waals surface area contributed by atoms with Crippen LogP contribution >= 0.6 is 0 Å². The van der Waals surface area contributed by atoms with Gasteiger partial charge in [0.15, 0.2) is 5.75 Å². The second-order valence-electron chi connectivity index (χ2n) is 5.14. The van der Waals surface area contributed by atoms with Crippen LogP contribution in [-0.4, -0.2) is 65.7 Å². The highest BCUT2D eigenvalue weighted by molar-refractivity contribution is 5.86. The molecular weight excluding hydrogens is 300 g/mol. The first-order valence-corrected chi connectivity index (χ1v) is 7.44. The number of aromatic hydroxyl groups is 1. The molecule has 1 saturated heterocycles. The molecule has 2 aromatic rings. The van der Waals surface area contributed by atoms with Crippen LogP contribution in [0.15, 0.2) is 24.3 Å². The van der Waals surface area contributed by atoms with Gasteiger partial charge in [0.1, 0.15) is 0 Å². The predicted octanol–water partition coefficient (Wildman–Crippen LogP) is 0.756. The number of nitrogens with one attached hydrogen (secondary N) is 1. The third-order valence-corrected chi connectivity index (χ3v) is 3.60. The quantitative estimate of drug-likeness (QED) is 0.859. The van der Waals surface area contributed by atoms with Gasteiger partial charge < -0.3 is 19.9 Å². The first-order chi connectivity index (χ1) is 11.2. The lowest BCUT2D eigenvalue weighted by Crippen LogP contribution is -2.41. The zero-order valence-electron chi connectivity index (χ0n) is 12.6. The highest BCUT2D eigenvalue weighted by atomic mass is 16.6. The Morgan fingerprint density at radius 1 is 1.30 bits per heavy atom. The zero-order chi connectivity index (χ0) is 16.1. The minimum Gasteiger partial charge on any atom is -0.503 e. The fraction of sp³-hybridized carbons (Fsp3) is 0.400. The molecule has 122 valence electrons. The number of amides is 1. The summed E-state index contributed by atoms with van der Waals surface area (Å²) in [6.07, 6.45) is -0.668. The van der Waals surface area contributed by atoms with E-state index in [0.29, 0.717) is 37.2 Å². The fourth-order valence-corrected chi connectivity index (χ4v) is 2.36. The van der Waals surface area contributed by atoms with Crippen LogP contribution in [0.25, 0.3) is 10.9 Å². The Kier molecular flexibility index (Phi) is 4.84. The van der Waals surface area contributed by atoms with Crippen LogP contribution in [0.3, 0.4) is 0 Å². The maximum Gasteiger partial charge on any atom is 0.414 e. The molecule has 2 heterocycles. The number of aromatic nitrogens is 2. The smallest absolute Gasteiger partial charge is 0.414 e. The largest absolute Gasteiger partial charge is 0.503 e. The molecule has 1 aliphatic heterocycles. The van der Waals surface area contributed by atoms with E-state index in [1.807, 2.05) is 0 Å². The van der Waals surface area contributed by atoms with E-state index in [9.17, 15) is 9.90 Å². The molecule has 0 aliphatic carbocycles. The number of nitrogens with zero attached hydrogens (tertiary/aromatic N) is 3. The van der Waals surface area contributed by atoms with Gasteiger partial charge in [0.25, 0.3) is 5.88 Å². The Morgan fingerprint density at radius 3 is 2.91 bits per heavy atom. The van der Waals surface area contributed by atoms with E-state index >= 15 is 0 Å². The lowest BCUT2D eigenvalue weighted by Gasteiger charge is -2.26. The van der Waals surface area contributed by atoms with Crippen molar-refractivity contribution in [2.45, 2.75) is 0 Å². The summed E-state index contributed by atoms with van der Waals surface area (Å²) in [5, 5.41) is 20.9. The highest BCUT2D eigenvalue weighted by Gasteiger charge is 2.15. The van der Waals surface area contributed by atoms with Gasteiger partial charge in [-0.3, -0.25) is 4.90 Å². The summed E-state index contributed by atoms with van der Waals surface area (Å²) in [6.45, 7) is 4.30. The van der Waals surface area contributed by atoms with E-state index in [1.54, 1.807) is 24.3 Å². The van der Waals surface area contributed by atoms with Gasteiger partial charge in [-0.1, -0.05) is 12.1 Å². The second-order valence-corrected chi connectivity index (χ2v) is 5.14. The lowest BCUT2D eigenvalue weighted by molar-refractivity contribution is 0.0385. The Bertz CT molecular complexity index is 688. The molecule has 1 fully saturated rings. The summed E-state index contributed by atoms with van der Waals surface area (Å²) in [7, 11) is 0. The minimum atomic E-state index is -0.668. The normalized spacial score (nSPS) is 15.5. The molecule has 0 radical (unpaired) electrons. The van der Waals surface area contributed by atoms with E-state index in [0.717, 1.165) is 13.1 Å². The van der Waals surface area contributed by atoms with Crippen LogP contribution in [0.2, 0.25) is 0 Å². The molecule has 0 unspecified atom stereocenters. The van der Waals surface area contributed by atoms with Crippen molar-refractivity contribution in [2.75, 3.05) is 39.4 Å². The van der Waals surface area contributed by atoms with Crippen LogP contribution in [0.4, 0.5) is 4.79 Å². The van der Waals surface area contributed by atoms with E-state index < -0.39 is 6.09 Å². The van der Waals surface area contributed by atoms with Crippen LogP contribution in [-0.2, 0) is 4.74 Å². The van der Waals surface area contributed by atoms with Crippen LogP contribution in [0.5, 0.6) is 11.6 Å². The molecule has 0 saturated carbocycles. The SMILES string of the molecule is O=C(NCCN1CCOCC1)Oc1nnc2ccccc2c1O. The van der Waals surface area contributed by atoms with Gasteiger partial charge in [0.2, 0.25) is 0 Å². The number of hydrogen-bond donors (Lipinski definition) is 2. The molecule has 1 amide bonds. The van der Waals surface area contributed by atoms with Gasteiger partial charge in [-0.05, 0) is 12.1 Å². The Balaban J connectivity index is 1.54. The summed E-state index contributed by atoms with van der Waals surface area (Å²) >= 11 is 0. The molecular formula is C15H18N4O4. The van der Waals surface area contributed by atoms with Crippen molar-refractivity contribution in [3.8, 4) is 11.6 Å². The van der Waals surface area contributed by atoms with Crippen molar-refractivity contribution in [1.29, 1.82) is 0 Å². The second kappa shape index (κ2) is 7.21. The molecule has 23 heavy (non-hydrogen) atoms. The number of fused-ring (bicyclic) bond motifs is 1. The number of rotatable bonds is 4. The number of morpholine rings is 1. The molecule has 1 aromatic heterocycles. The maximum absolute atomic E-state index is 11.8. The number of carbonyl (C=O) groups excluding carboxylic acids is 1. The Morgan fingerprint density at radius 2 is 2.09 bits per heavy atom. The number of benzene rings is 1. The van der Waals surface area contributed by atoms with E-state index in [2.05, 4.69) is 20.4 Å². The lowest BCUT2D eigenvalue weighted by atomic mass is 10.2. The zero-order valence-corrected chi connectivity index (χ0v) is 12.6. The van der Waals surface area contributed by atoms with Crippen molar-refractivity contribution >= 4 is 17.0 Å². The minimum absolute atomic E-state index is 0.195. The van der Waals surface area contributed by atoms with E-state index in [-0.39, 0.29) is 11.6 Å². The monoisotopic (exact) mass is 318 g/mol. The molecule has 1 aliphatic rings. The average molecular weight is 318 g/mol. The van der Waals surface area contributed by atoms with Gasteiger partial charge in [0.05, 0.1) is 18.7 Å². The fourth-order valence-electron chi connectivity index (χ4n) is 2.36. The molecule has 8 nitrogen and oxygen atoms in total. The Labute approximate surface area is 133 Å². The van der Waals surface area contributed by atoms with Gasteiger partial charge in [-0.2, -0.15) is 0 Å². The number of hydrogen-bond acceptors (Lipinski definition) is 7. The molecule has 1 aromatic carbocycles. The van der Waals surface area contributed by atoms with Gasteiger partial charge in [-0.15, -0.1) is 10.2 Å². The molecule has 3 rings (SSSR count). The van der Waals surface area contributed by atoms with Crippen molar-refractivity contribution in [2.24, 2.45) is 0 Å². The van der Waals surface area contributed by atoms with E-state index in [1.165, 1.54) is 0 Å². The summed E-state index contributed by atoms with van der Waals surface area (Å²) in [4.78, 5) is 14.0. The molecule has 8 heteroatoms. The third kappa shape index (κ3) is 3.85. The maximum atomic E-state index is 11.8. The van der Waals surface area contributed by atoms with Crippen LogP contribution < -0.4 is 10.1 Å². The first kappa shape index (κ1) is 15.4. The molecule has 0 bridgehead atoms. The topological polar surface area (TPSA) is 96.8 Å². The molecule has 2 N–H and O–H groups in total. The average Bonchev–Trinajstić information content (AvgIpc) is 2.59.